The summed E-state index contributed by atoms with van der Waals surface area (Å²) in [5, 5.41) is 10.6. The number of benzene rings is 1. The molecule has 23 heavy (non-hydrogen) atoms. The number of sulfonamides is 1. The highest BCUT2D eigenvalue weighted by molar-refractivity contribution is 7.88. The maximum atomic E-state index is 12.5. The first-order valence-electron chi connectivity index (χ1n) is 7.03. The number of hydrogen-bond donors (Lipinski definition) is 0. The molecule has 126 valence electrons. The van der Waals surface area contributed by atoms with E-state index in [2.05, 4.69) is 0 Å². The first-order valence-corrected chi connectivity index (χ1v) is 8.64. The summed E-state index contributed by atoms with van der Waals surface area (Å²) in [5.74, 6) is -1.25. The van der Waals surface area contributed by atoms with E-state index in [1.165, 1.54) is 35.7 Å². The minimum atomic E-state index is -3.60. The molecule has 0 aliphatic carbocycles. The van der Waals surface area contributed by atoms with E-state index in [0.717, 1.165) is 0 Å². The van der Waals surface area contributed by atoms with E-state index >= 15 is 0 Å². The van der Waals surface area contributed by atoms with Crippen LogP contribution in [0.4, 0.5) is 5.69 Å². The standard InChI is InChI=1S/C14H18N2O6S/c1-10-7-15(8-13(10)14(17)22-2)23(20,21)9-11-3-5-12(6-4-11)16(18)19/h3-6,10,13H,7-9H2,1-2H3/t10-,13-/m1/s1. The van der Waals surface area contributed by atoms with Crippen molar-refractivity contribution in [3.05, 3.63) is 39.9 Å². The summed E-state index contributed by atoms with van der Waals surface area (Å²) < 4.78 is 30.9. The first kappa shape index (κ1) is 17.4. The summed E-state index contributed by atoms with van der Waals surface area (Å²) in [4.78, 5) is 21.7. The lowest BCUT2D eigenvalue weighted by Gasteiger charge is -2.16. The quantitative estimate of drug-likeness (QED) is 0.451. The highest BCUT2D eigenvalue weighted by Gasteiger charge is 2.40. The van der Waals surface area contributed by atoms with Gasteiger partial charge in [-0.3, -0.25) is 14.9 Å². The summed E-state index contributed by atoms with van der Waals surface area (Å²) in [6.45, 7) is 2.17. The average molecular weight is 342 g/mol. The average Bonchev–Trinajstić information content (AvgIpc) is 2.89. The summed E-state index contributed by atoms with van der Waals surface area (Å²) >= 11 is 0. The molecule has 0 radical (unpaired) electrons. The van der Waals surface area contributed by atoms with Crippen molar-refractivity contribution in [3.8, 4) is 0 Å². The second kappa shape index (κ2) is 6.63. The van der Waals surface area contributed by atoms with Gasteiger partial charge in [-0.05, 0) is 11.5 Å². The van der Waals surface area contributed by atoms with Gasteiger partial charge >= 0.3 is 5.97 Å². The molecule has 0 N–H and O–H groups in total. The fourth-order valence-electron chi connectivity index (χ4n) is 2.62. The van der Waals surface area contributed by atoms with Gasteiger partial charge in [0, 0.05) is 25.2 Å². The normalized spacial score (nSPS) is 22.0. The number of ether oxygens (including phenoxy) is 1. The van der Waals surface area contributed by atoms with E-state index in [4.69, 9.17) is 4.74 Å². The predicted octanol–water partition coefficient (Wildman–Crippen LogP) is 1.17. The van der Waals surface area contributed by atoms with Gasteiger partial charge in [0.05, 0.1) is 23.7 Å². The Kier molecular flexibility index (Phi) is 5.00. The van der Waals surface area contributed by atoms with Gasteiger partial charge in [0.25, 0.3) is 5.69 Å². The Morgan fingerprint density at radius 3 is 2.48 bits per heavy atom. The lowest BCUT2D eigenvalue weighted by Crippen LogP contribution is -2.31. The molecule has 8 nitrogen and oxygen atoms in total. The number of nitro groups is 1. The fourth-order valence-corrected chi connectivity index (χ4v) is 4.27. The molecule has 1 aliphatic heterocycles. The second-order valence-electron chi connectivity index (χ2n) is 5.60. The van der Waals surface area contributed by atoms with Crippen molar-refractivity contribution in [1.29, 1.82) is 0 Å². The van der Waals surface area contributed by atoms with E-state index in [-0.39, 0.29) is 30.4 Å². The highest BCUT2D eigenvalue weighted by atomic mass is 32.2. The zero-order valence-corrected chi connectivity index (χ0v) is 13.7. The third kappa shape index (κ3) is 3.85. The third-order valence-electron chi connectivity index (χ3n) is 3.97. The van der Waals surface area contributed by atoms with Crippen LogP contribution >= 0.6 is 0 Å². The van der Waals surface area contributed by atoms with Crippen molar-refractivity contribution in [2.75, 3.05) is 20.2 Å². The molecular weight excluding hydrogens is 324 g/mol. The molecule has 1 heterocycles. The van der Waals surface area contributed by atoms with Crippen LogP contribution in [-0.4, -0.2) is 43.8 Å². The van der Waals surface area contributed by atoms with Gasteiger partial charge in [0.1, 0.15) is 0 Å². The first-order chi connectivity index (χ1) is 10.7. The number of methoxy groups -OCH3 is 1. The zero-order valence-electron chi connectivity index (χ0n) is 12.8. The molecule has 9 heteroatoms. The van der Waals surface area contributed by atoms with Crippen LogP contribution in [0.5, 0.6) is 0 Å². The molecule has 1 fully saturated rings. The number of carbonyl (C=O) groups is 1. The number of rotatable bonds is 5. The molecule has 0 amide bonds. The molecule has 1 aliphatic rings. The van der Waals surface area contributed by atoms with Crippen LogP contribution in [0.3, 0.4) is 0 Å². The van der Waals surface area contributed by atoms with E-state index in [9.17, 15) is 23.3 Å². The molecule has 0 bridgehead atoms. The van der Waals surface area contributed by atoms with Gasteiger partial charge in [0.15, 0.2) is 0 Å². The van der Waals surface area contributed by atoms with Crippen molar-refractivity contribution in [2.45, 2.75) is 12.7 Å². The fraction of sp³-hybridized carbons (Fsp3) is 0.500. The molecule has 0 aromatic heterocycles. The van der Waals surface area contributed by atoms with Gasteiger partial charge in [-0.15, -0.1) is 0 Å². The second-order valence-corrected chi connectivity index (χ2v) is 7.57. The van der Waals surface area contributed by atoms with Gasteiger partial charge in [-0.1, -0.05) is 19.1 Å². The largest absolute Gasteiger partial charge is 0.469 e. The zero-order chi connectivity index (χ0) is 17.2. The predicted molar refractivity (Wildman–Crippen MR) is 82.0 cm³/mol. The summed E-state index contributed by atoms with van der Waals surface area (Å²) in [6, 6.07) is 5.39. The Labute approximate surface area is 134 Å². The van der Waals surface area contributed by atoms with Gasteiger partial charge in [-0.2, -0.15) is 0 Å². The SMILES string of the molecule is COC(=O)[C@@H]1CN(S(=O)(=O)Cc2ccc([N+](=O)[O-])cc2)C[C@H]1C. The van der Waals surface area contributed by atoms with E-state index in [1.807, 2.05) is 6.92 Å². The van der Waals surface area contributed by atoms with Gasteiger partial charge < -0.3 is 4.74 Å². The molecule has 0 saturated carbocycles. The molecule has 1 aromatic carbocycles. The van der Waals surface area contributed by atoms with Gasteiger partial charge in [-0.25, -0.2) is 12.7 Å². The number of non-ortho nitro benzene ring substituents is 1. The number of hydrogen-bond acceptors (Lipinski definition) is 6. The summed E-state index contributed by atoms with van der Waals surface area (Å²) in [5.41, 5.74) is 0.372. The summed E-state index contributed by atoms with van der Waals surface area (Å²) in [6.07, 6.45) is 0. The number of nitro benzene ring substituents is 1. The smallest absolute Gasteiger partial charge is 0.310 e. The van der Waals surface area contributed by atoms with Crippen LogP contribution in [0.25, 0.3) is 0 Å². The van der Waals surface area contributed by atoms with E-state index < -0.39 is 26.8 Å². The topological polar surface area (TPSA) is 107 Å². The van der Waals surface area contributed by atoms with Crippen LogP contribution in [0.2, 0.25) is 0 Å². The maximum absolute atomic E-state index is 12.5. The van der Waals surface area contributed by atoms with Crippen LogP contribution in [0.15, 0.2) is 24.3 Å². The molecule has 0 spiro atoms. The van der Waals surface area contributed by atoms with E-state index in [0.29, 0.717) is 5.56 Å². The molecular formula is C14H18N2O6S. The van der Waals surface area contributed by atoms with Crippen LogP contribution in [0.1, 0.15) is 12.5 Å². The molecule has 1 aromatic rings. The van der Waals surface area contributed by atoms with Crippen molar-refractivity contribution >= 4 is 21.7 Å². The Bertz CT molecular complexity index is 700. The Morgan fingerprint density at radius 2 is 1.96 bits per heavy atom. The number of carbonyl (C=O) groups excluding carboxylic acids is 1. The van der Waals surface area contributed by atoms with Crippen LogP contribution < -0.4 is 0 Å². The van der Waals surface area contributed by atoms with Crippen molar-refractivity contribution < 1.29 is 22.9 Å². The third-order valence-corrected chi connectivity index (χ3v) is 5.76. The van der Waals surface area contributed by atoms with Crippen molar-refractivity contribution in [3.63, 3.8) is 0 Å². The summed E-state index contributed by atoms with van der Waals surface area (Å²) in [7, 11) is -2.32. The van der Waals surface area contributed by atoms with Crippen molar-refractivity contribution in [1.82, 2.24) is 4.31 Å². The Balaban J connectivity index is 2.10. The monoisotopic (exact) mass is 342 g/mol. The van der Waals surface area contributed by atoms with Crippen LogP contribution in [0, 0.1) is 22.0 Å². The lowest BCUT2D eigenvalue weighted by molar-refractivity contribution is -0.384. The molecule has 2 rings (SSSR count). The maximum Gasteiger partial charge on any atom is 0.310 e. The van der Waals surface area contributed by atoms with Gasteiger partial charge in [0.2, 0.25) is 10.0 Å². The lowest BCUT2D eigenvalue weighted by atomic mass is 9.99. The molecule has 1 saturated heterocycles. The Hall–Kier alpha value is -2.00. The molecule has 0 unspecified atom stereocenters. The number of esters is 1. The Morgan fingerprint density at radius 1 is 1.35 bits per heavy atom. The van der Waals surface area contributed by atoms with Crippen molar-refractivity contribution in [2.24, 2.45) is 11.8 Å². The highest BCUT2D eigenvalue weighted by Crippen LogP contribution is 2.28. The van der Waals surface area contributed by atoms with Crippen LogP contribution in [-0.2, 0) is 25.3 Å². The minimum absolute atomic E-state index is 0.0910. The minimum Gasteiger partial charge on any atom is -0.469 e. The van der Waals surface area contributed by atoms with E-state index in [1.54, 1.807) is 0 Å². The molecule has 2 atom stereocenters. The number of nitrogens with zero attached hydrogens (tertiary/aromatic N) is 2.